The van der Waals surface area contributed by atoms with Gasteiger partial charge in [-0.15, -0.1) is 24.8 Å². The number of hydrogen-bond donors (Lipinski definition) is 4. The molecule has 0 heterocycles. The summed E-state index contributed by atoms with van der Waals surface area (Å²) in [7, 11) is 1.66. The number of amides is 2. The Kier molecular flexibility index (Phi) is 19.0. The van der Waals surface area contributed by atoms with E-state index in [0.717, 1.165) is 17.9 Å². The quantitative estimate of drug-likeness (QED) is 0.119. The topological polar surface area (TPSA) is 140 Å². The van der Waals surface area contributed by atoms with Crippen molar-refractivity contribution < 1.29 is 24.2 Å². The van der Waals surface area contributed by atoms with Crippen molar-refractivity contribution in [2.24, 2.45) is 23.4 Å². The van der Waals surface area contributed by atoms with E-state index in [1.54, 1.807) is 25.3 Å². The van der Waals surface area contributed by atoms with Crippen LogP contribution in [-0.2, 0) is 9.53 Å². The summed E-state index contributed by atoms with van der Waals surface area (Å²) in [5.41, 5.74) is 6.63. The van der Waals surface area contributed by atoms with Gasteiger partial charge in [0.15, 0.2) is 0 Å². The van der Waals surface area contributed by atoms with Crippen LogP contribution >= 0.6 is 24.8 Å². The predicted molar refractivity (Wildman–Crippen MR) is 138 cm³/mol. The lowest BCUT2D eigenvalue weighted by Gasteiger charge is -2.29. The standard InChI is InChI=1S/C23H40N4O5.2ClH/c1-16(2)18(13-20(24)21(29)15-27(25)17(3)28)14-26-23(30)19-9-5-6-10-22(19)32-12-8-7-11-31-4;;/h5-6,9-10,16,18,20-21,29H,7-8,11-15,24-25H2,1-4H3,(H,26,30);2*1H. The number of nitrogens with zero attached hydrogens (tertiary/aromatic N) is 1. The second-order valence-corrected chi connectivity index (χ2v) is 8.40. The summed E-state index contributed by atoms with van der Waals surface area (Å²) in [5, 5.41) is 14.2. The Morgan fingerprint density at radius 2 is 1.76 bits per heavy atom. The number of rotatable bonds is 15. The van der Waals surface area contributed by atoms with Crippen LogP contribution in [0.2, 0.25) is 0 Å². The maximum atomic E-state index is 12.8. The van der Waals surface area contributed by atoms with Gasteiger partial charge in [0.25, 0.3) is 5.91 Å². The summed E-state index contributed by atoms with van der Waals surface area (Å²) in [6, 6.07) is 6.57. The SMILES string of the molecule is COCCCCOc1ccccc1C(=O)NCC(CC(N)C(O)CN(N)C(C)=O)C(C)C.Cl.Cl. The first-order valence-electron chi connectivity index (χ1n) is 11.1. The Labute approximate surface area is 215 Å². The van der Waals surface area contributed by atoms with Crippen LogP contribution in [0.25, 0.3) is 0 Å². The van der Waals surface area contributed by atoms with Crippen molar-refractivity contribution in [1.82, 2.24) is 10.3 Å². The fourth-order valence-electron chi connectivity index (χ4n) is 3.19. The molecule has 11 heteroatoms. The second-order valence-electron chi connectivity index (χ2n) is 8.40. The van der Waals surface area contributed by atoms with Crippen molar-refractivity contribution in [3.63, 3.8) is 0 Å². The number of carbonyl (C=O) groups excluding carboxylic acids is 2. The molecule has 34 heavy (non-hydrogen) atoms. The van der Waals surface area contributed by atoms with Gasteiger partial charge in [0.1, 0.15) is 5.75 Å². The number of hydrogen-bond acceptors (Lipinski definition) is 7. The van der Waals surface area contributed by atoms with E-state index >= 15 is 0 Å². The van der Waals surface area contributed by atoms with Crippen LogP contribution in [0, 0.1) is 11.8 Å². The van der Waals surface area contributed by atoms with Gasteiger partial charge in [0.2, 0.25) is 5.91 Å². The van der Waals surface area contributed by atoms with Crippen molar-refractivity contribution in [1.29, 1.82) is 0 Å². The molecular formula is C23H42Cl2N4O5. The van der Waals surface area contributed by atoms with Crippen LogP contribution in [0.5, 0.6) is 5.75 Å². The Balaban J connectivity index is 0. The Hall–Kier alpha value is -1.62. The number of ether oxygens (including phenoxy) is 2. The Morgan fingerprint density at radius 1 is 1.15 bits per heavy atom. The number of nitrogens with two attached hydrogens (primary N) is 2. The number of hydrazine groups is 1. The van der Waals surface area contributed by atoms with Crippen molar-refractivity contribution in [2.75, 3.05) is 33.4 Å². The normalized spacial score (nSPS) is 13.2. The van der Waals surface area contributed by atoms with Crippen molar-refractivity contribution in [3.05, 3.63) is 29.8 Å². The molecule has 3 unspecified atom stereocenters. The average Bonchev–Trinajstić information content (AvgIpc) is 2.75. The fourth-order valence-corrected chi connectivity index (χ4v) is 3.19. The van der Waals surface area contributed by atoms with E-state index in [4.69, 9.17) is 21.1 Å². The first-order valence-corrected chi connectivity index (χ1v) is 11.1. The molecule has 0 radical (unpaired) electrons. The van der Waals surface area contributed by atoms with Gasteiger partial charge in [0, 0.05) is 33.2 Å². The molecule has 1 aromatic carbocycles. The third-order valence-corrected chi connectivity index (χ3v) is 5.46. The lowest BCUT2D eigenvalue weighted by Crippen LogP contribution is -2.49. The molecule has 0 saturated heterocycles. The summed E-state index contributed by atoms with van der Waals surface area (Å²) in [6.45, 7) is 6.95. The van der Waals surface area contributed by atoms with Gasteiger partial charge in [-0.2, -0.15) is 0 Å². The minimum Gasteiger partial charge on any atom is -0.493 e. The number of halogens is 2. The highest BCUT2D eigenvalue weighted by atomic mass is 35.5. The number of aliphatic hydroxyl groups excluding tert-OH is 1. The van der Waals surface area contributed by atoms with Gasteiger partial charge in [-0.1, -0.05) is 26.0 Å². The Bertz CT molecular complexity index is 712. The van der Waals surface area contributed by atoms with Gasteiger partial charge in [-0.3, -0.25) is 14.6 Å². The molecule has 0 aliphatic carbocycles. The highest BCUT2D eigenvalue weighted by Crippen LogP contribution is 2.20. The van der Waals surface area contributed by atoms with Crippen LogP contribution in [0.1, 0.15) is 50.4 Å². The van der Waals surface area contributed by atoms with Crippen LogP contribution in [0.15, 0.2) is 24.3 Å². The molecule has 1 aromatic rings. The molecule has 2 amide bonds. The van der Waals surface area contributed by atoms with Crippen molar-refractivity contribution in [2.45, 2.75) is 52.2 Å². The maximum absolute atomic E-state index is 12.8. The zero-order valence-electron chi connectivity index (χ0n) is 20.6. The lowest BCUT2D eigenvalue weighted by molar-refractivity contribution is -0.130. The third-order valence-electron chi connectivity index (χ3n) is 5.46. The molecule has 198 valence electrons. The minimum absolute atomic E-state index is 0. The molecule has 0 fully saturated rings. The van der Waals surface area contributed by atoms with E-state index in [0.29, 0.717) is 37.5 Å². The average molecular weight is 526 g/mol. The second kappa shape index (κ2) is 18.7. The monoisotopic (exact) mass is 524 g/mol. The molecule has 3 atom stereocenters. The number of unbranched alkanes of at least 4 members (excludes halogenated alkanes) is 1. The number of para-hydroxylation sites is 1. The third kappa shape index (κ3) is 12.7. The van der Waals surface area contributed by atoms with E-state index in [1.807, 2.05) is 19.9 Å². The van der Waals surface area contributed by atoms with Crippen LogP contribution < -0.4 is 21.6 Å². The summed E-state index contributed by atoms with van der Waals surface area (Å²) in [4.78, 5) is 24.1. The van der Waals surface area contributed by atoms with E-state index in [2.05, 4.69) is 5.32 Å². The van der Waals surface area contributed by atoms with Gasteiger partial charge < -0.3 is 25.6 Å². The summed E-state index contributed by atoms with van der Waals surface area (Å²) >= 11 is 0. The van der Waals surface area contributed by atoms with Crippen molar-refractivity contribution in [3.8, 4) is 5.75 Å². The molecule has 0 saturated carbocycles. The number of benzene rings is 1. The Morgan fingerprint density at radius 3 is 2.35 bits per heavy atom. The van der Waals surface area contributed by atoms with Gasteiger partial charge in [-0.25, -0.2) is 5.84 Å². The largest absolute Gasteiger partial charge is 0.493 e. The van der Waals surface area contributed by atoms with Gasteiger partial charge >= 0.3 is 0 Å². The molecular weight excluding hydrogens is 483 g/mol. The van der Waals surface area contributed by atoms with Crippen molar-refractivity contribution >= 4 is 36.6 Å². The molecule has 0 aromatic heterocycles. The van der Waals surface area contributed by atoms with E-state index in [9.17, 15) is 14.7 Å². The first-order chi connectivity index (χ1) is 15.2. The highest BCUT2D eigenvalue weighted by Gasteiger charge is 2.25. The van der Waals surface area contributed by atoms with E-state index in [-0.39, 0.29) is 55.0 Å². The zero-order chi connectivity index (χ0) is 24.1. The molecule has 0 spiro atoms. The fraction of sp³-hybridized carbons (Fsp3) is 0.652. The van der Waals surface area contributed by atoms with Crippen LogP contribution in [0.3, 0.4) is 0 Å². The van der Waals surface area contributed by atoms with Crippen LogP contribution in [-0.4, -0.2) is 67.5 Å². The van der Waals surface area contributed by atoms with E-state index in [1.165, 1.54) is 6.92 Å². The number of nitrogens with one attached hydrogen (secondary N) is 1. The molecule has 6 N–H and O–H groups in total. The number of aliphatic hydroxyl groups is 1. The molecule has 0 aliphatic heterocycles. The zero-order valence-corrected chi connectivity index (χ0v) is 22.2. The summed E-state index contributed by atoms with van der Waals surface area (Å²) < 4.78 is 10.8. The molecule has 0 bridgehead atoms. The predicted octanol–water partition coefficient (Wildman–Crippen LogP) is 2.14. The molecule has 0 aliphatic rings. The smallest absolute Gasteiger partial charge is 0.255 e. The number of methoxy groups -OCH3 is 1. The van der Waals surface area contributed by atoms with Gasteiger partial charge in [-0.05, 0) is 43.2 Å². The minimum atomic E-state index is -0.951. The first kappa shape index (κ1) is 34.5. The highest BCUT2D eigenvalue weighted by molar-refractivity contribution is 5.96. The summed E-state index contributed by atoms with van der Waals surface area (Å²) in [6.07, 6.45) is 1.25. The lowest BCUT2D eigenvalue weighted by atomic mass is 9.87. The molecule has 1 rings (SSSR count). The van der Waals surface area contributed by atoms with E-state index < -0.39 is 12.1 Å². The van der Waals surface area contributed by atoms with Crippen LogP contribution in [0.4, 0.5) is 0 Å². The maximum Gasteiger partial charge on any atom is 0.255 e. The molecule has 9 nitrogen and oxygen atoms in total. The number of carbonyl (C=O) groups is 2. The van der Waals surface area contributed by atoms with Gasteiger partial charge in [0.05, 0.1) is 24.8 Å². The summed E-state index contributed by atoms with van der Waals surface area (Å²) in [5.74, 6) is 5.82.